The monoisotopic (exact) mass is 594 g/mol. The number of aromatic nitrogens is 2. The van der Waals surface area contributed by atoms with E-state index in [1.54, 1.807) is 53.2 Å². The van der Waals surface area contributed by atoms with Crippen molar-refractivity contribution < 1.29 is 50.9 Å². The van der Waals surface area contributed by atoms with E-state index in [0.717, 1.165) is 12.1 Å². The molecule has 0 bridgehead atoms. The predicted molar refractivity (Wildman–Crippen MR) is 138 cm³/mol. The molecule has 0 aliphatic carbocycles. The Morgan fingerprint density at radius 3 is 2.59 bits per heavy atom. The Kier molecular flexibility index (Phi) is 8.09. The molecule has 0 saturated carbocycles. The van der Waals surface area contributed by atoms with Crippen LogP contribution in [0.3, 0.4) is 0 Å². The molecule has 41 heavy (non-hydrogen) atoms. The molecule has 0 unspecified atom stereocenters. The molecule has 2 N–H and O–H groups in total. The largest absolute Gasteiger partial charge is 0.492 e. The minimum atomic E-state index is -4.64. The summed E-state index contributed by atoms with van der Waals surface area (Å²) in [6.07, 6.45) is 6.12. The number of hydrogen-bond acceptors (Lipinski definition) is 5. The van der Waals surface area contributed by atoms with E-state index in [9.17, 15) is 22.5 Å². The smallest absolute Gasteiger partial charge is 0.472 e. The highest BCUT2D eigenvalue weighted by Gasteiger charge is 2.40. The van der Waals surface area contributed by atoms with Crippen molar-refractivity contribution in [1.29, 1.82) is 0 Å². The van der Waals surface area contributed by atoms with Crippen LogP contribution in [0.5, 0.6) is 5.75 Å². The van der Waals surface area contributed by atoms with Crippen molar-refractivity contribution in [2.24, 2.45) is 0 Å². The highest BCUT2D eigenvalue weighted by molar-refractivity contribution is 7.46. The van der Waals surface area contributed by atoms with Gasteiger partial charge in [0.1, 0.15) is 11.9 Å². The van der Waals surface area contributed by atoms with E-state index in [1.807, 2.05) is 0 Å². The topological polar surface area (TPSA) is 114 Å². The van der Waals surface area contributed by atoms with Gasteiger partial charge in [0.2, 0.25) is 6.73 Å². The number of phosphoric ester groups is 1. The summed E-state index contributed by atoms with van der Waals surface area (Å²) in [5.41, 5.74) is 2.61. The van der Waals surface area contributed by atoms with Crippen LogP contribution in [-0.2, 0) is 25.4 Å². The molecular formula is C27H28F3N3O7P+. The van der Waals surface area contributed by atoms with Crippen molar-refractivity contribution in [2.45, 2.75) is 38.6 Å². The van der Waals surface area contributed by atoms with Gasteiger partial charge in [-0.15, -0.1) is 0 Å². The molecule has 1 amide bonds. The van der Waals surface area contributed by atoms with Gasteiger partial charge in [0.15, 0.2) is 28.9 Å². The third-order valence-electron chi connectivity index (χ3n) is 7.19. The molecule has 3 heterocycles. The number of halogens is 3. The van der Waals surface area contributed by atoms with Gasteiger partial charge in [-0.25, -0.2) is 26.8 Å². The second kappa shape index (κ2) is 11.4. The maximum Gasteiger partial charge on any atom is 0.472 e. The third-order valence-corrected chi connectivity index (χ3v) is 7.64. The fraction of sp³-hybridized carbons (Fsp3) is 0.333. The molecule has 218 valence electrons. The Hall–Kier alpha value is -3.48. The second-order valence-corrected chi connectivity index (χ2v) is 11.1. The quantitative estimate of drug-likeness (QED) is 0.186. The molecule has 2 saturated heterocycles. The van der Waals surface area contributed by atoms with Crippen molar-refractivity contribution in [1.82, 2.24) is 9.47 Å². The fourth-order valence-corrected chi connectivity index (χ4v) is 5.44. The first-order chi connectivity index (χ1) is 19.4. The van der Waals surface area contributed by atoms with Gasteiger partial charge >= 0.3 is 7.82 Å². The molecule has 2 aliphatic heterocycles. The Morgan fingerprint density at radius 2 is 1.90 bits per heavy atom. The fourth-order valence-electron chi connectivity index (χ4n) is 5.17. The zero-order valence-electron chi connectivity index (χ0n) is 22.2. The van der Waals surface area contributed by atoms with Crippen LogP contribution in [0.2, 0.25) is 0 Å². The van der Waals surface area contributed by atoms with Gasteiger partial charge in [0.25, 0.3) is 12.2 Å². The minimum Gasteiger partial charge on any atom is -0.492 e. The maximum atomic E-state index is 14.0. The Balaban J connectivity index is 1.41. The lowest BCUT2D eigenvalue weighted by molar-refractivity contribution is -0.596. The number of benzene rings is 2. The summed E-state index contributed by atoms with van der Waals surface area (Å²) in [5.74, 6) is -4.04. The van der Waals surface area contributed by atoms with Crippen LogP contribution in [0.4, 0.5) is 13.2 Å². The molecule has 5 rings (SSSR count). The van der Waals surface area contributed by atoms with Gasteiger partial charge in [0, 0.05) is 12.5 Å². The van der Waals surface area contributed by atoms with Crippen LogP contribution in [0.15, 0.2) is 48.4 Å². The Labute approximate surface area is 233 Å². The number of phosphoric acid groups is 1. The molecule has 0 spiro atoms. The maximum absolute atomic E-state index is 14.0. The number of carbonyl (C=O) groups excluding carboxylic acids is 1. The van der Waals surface area contributed by atoms with Crippen LogP contribution < -0.4 is 9.30 Å². The summed E-state index contributed by atoms with van der Waals surface area (Å²) in [7, 11) is -3.15. The van der Waals surface area contributed by atoms with Crippen LogP contribution in [-0.4, -0.2) is 51.5 Å². The van der Waals surface area contributed by atoms with Gasteiger partial charge in [-0.05, 0) is 54.3 Å². The molecular weight excluding hydrogens is 566 g/mol. The first-order valence-electron chi connectivity index (χ1n) is 12.7. The van der Waals surface area contributed by atoms with Gasteiger partial charge < -0.3 is 24.2 Å². The highest BCUT2D eigenvalue weighted by atomic mass is 31.2. The second-order valence-electron chi connectivity index (χ2n) is 9.87. The van der Waals surface area contributed by atoms with E-state index in [2.05, 4.69) is 4.52 Å². The number of fused-ring (bicyclic) bond motifs is 1. The molecule has 3 aromatic rings. The number of hydrogen-bond donors (Lipinski definition) is 2. The third kappa shape index (κ3) is 6.09. The van der Waals surface area contributed by atoms with E-state index in [1.165, 1.54) is 11.7 Å². The van der Waals surface area contributed by atoms with Crippen molar-refractivity contribution in [3.63, 3.8) is 0 Å². The highest BCUT2D eigenvalue weighted by Crippen LogP contribution is 2.38. The van der Waals surface area contributed by atoms with Crippen LogP contribution in [0.25, 0.3) is 11.8 Å². The molecule has 2 atom stereocenters. The van der Waals surface area contributed by atoms with E-state index < -0.39 is 31.3 Å². The lowest BCUT2D eigenvalue weighted by Crippen LogP contribution is -2.53. The Bertz CT molecular complexity index is 1550. The number of morpholine rings is 1. The van der Waals surface area contributed by atoms with Crippen molar-refractivity contribution in [2.75, 3.05) is 20.3 Å². The normalized spacial score (nSPS) is 20.4. The number of carbonyl (C=O) groups is 1. The number of amides is 1. The van der Waals surface area contributed by atoms with E-state index in [0.29, 0.717) is 47.7 Å². The summed E-state index contributed by atoms with van der Waals surface area (Å²) >= 11 is 0. The van der Waals surface area contributed by atoms with Crippen molar-refractivity contribution >= 4 is 19.8 Å². The summed E-state index contributed by atoms with van der Waals surface area (Å²) in [4.78, 5) is 33.2. The van der Waals surface area contributed by atoms with E-state index in [4.69, 9.17) is 19.3 Å². The molecule has 2 aromatic carbocycles. The van der Waals surface area contributed by atoms with Crippen LogP contribution >= 0.6 is 7.82 Å². The number of imidazole rings is 1. The molecule has 14 heteroatoms. The number of methoxy groups -OCH3 is 1. The first kappa shape index (κ1) is 29.0. The molecule has 2 fully saturated rings. The van der Waals surface area contributed by atoms with Crippen molar-refractivity contribution in [3.05, 3.63) is 82.7 Å². The predicted octanol–water partition coefficient (Wildman–Crippen LogP) is 3.71. The molecule has 0 radical (unpaired) electrons. The number of rotatable bonds is 7. The zero-order chi connectivity index (χ0) is 29.5. The Morgan fingerprint density at radius 1 is 1.17 bits per heavy atom. The molecule has 1 aromatic heterocycles. The van der Waals surface area contributed by atoms with Crippen molar-refractivity contribution in [3.8, 4) is 11.4 Å². The zero-order valence-corrected chi connectivity index (χ0v) is 23.1. The minimum absolute atomic E-state index is 0.0258. The van der Waals surface area contributed by atoms with Crippen LogP contribution in [0.1, 0.15) is 35.7 Å². The lowest BCUT2D eigenvalue weighted by Gasteiger charge is -2.45. The summed E-state index contributed by atoms with van der Waals surface area (Å²) in [6.45, 7) is 1.72. The summed E-state index contributed by atoms with van der Waals surface area (Å²) in [6, 6.07) is 6.04. The lowest BCUT2D eigenvalue weighted by atomic mass is 9.91. The number of nitrogens with zero attached hydrogens (tertiary/aromatic N) is 3. The van der Waals surface area contributed by atoms with Crippen LogP contribution in [0, 0.1) is 24.4 Å². The van der Waals surface area contributed by atoms with Gasteiger partial charge in [-0.3, -0.25) is 4.79 Å². The van der Waals surface area contributed by atoms with Gasteiger partial charge in [-0.2, -0.15) is 4.57 Å². The van der Waals surface area contributed by atoms with E-state index >= 15 is 0 Å². The number of ether oxygens (including phenoxy) is 2. The number of aryl methyl sites for hydroxylation is 1. The first-order valence-corrected chi connectivity index (χ1v) is 14.2. The summed E-state index contributed by atoms with van der Waals surface area (Å²) < 4.78 is 71.7. The van der Waals surface area contributed by atoms with Gasteiger partial charge in [-0.1, -0.05) is 6.07 Å². The SMILES string of the molecule is COc1cc(/C=C2\CC[C@H]3COC[C@@H](c4cc(F)c(F)c(F)c4)N3C2=O)ccc1-[n+]1cc(C)n(COP(=O)(O)O)c1. The standard InChI is InChI=1S/C27H27F3N3O7P/c1-16-11-31(14-32(16)15-40-41(35,36)37)23-6-3-17(8-25(23)38-2)7-18-4-5-20-12-39-13-24(33(20)27(18)34)19-9-21(28)26(30)22(29)10-19/h3,6-11,14,20,24H,4-5,12-13,15H2,1-2H3,(H-,35,36,37)/p+1/b18-7+/t20-,24-/m0/s1. The molecule has 10 nitrogen and oxygen atoms in total. The van der Waals surface area contributed by atoms with E-state index in [-0.39, 0.29) is 30.9 Å². The number of piperidine rings is 1. The average molecular weight is 595 g/mol. The summed E-state index contributed by atoms with van der Waals surface area (Å²) in [5, 5.41) is 0. The van der Waals surface area contributed by atoms with Gasteiger partial charge in [0.05, 0.1) is 32.4 Å². The molecule has 2 aliphatic rings. The average Bonchev–Trinajstić information content (AvgIpc) is 3.31.